The quantitative estimate of drug-likeness (QED) is 0.417. The van der Waals surface area contributed by atoms with Crippen LogP contribution in [0.2, 0.25) is 0 Å². The summed E-state index contributed by atoms with van der Waals surface area (Å²) in [6.45, 7) is 0.245. The van der Waals surface area contributed by atoms with Gasteiger partial charge in [-0.1, -0.05) is 23.4 Å². The number of hydrogen-bond acceptors (Lipinski definition) is 8. The minimum absolute atomic E-state index is 0.0565. The Balaban J connectivity index is 1.46. The van der Waals surface area contributed by atoms with Crippen molar-refractivity contribution in [2.75, 3.05) is 12.8 Å². The van der Waals surface area contributed by atoms with Crippen LogP contribution in [0.25, 0.3) is 10.7 Å². The third kappa shape index (κ3) is 5.14. The van der Waals surface area contributed by atoms with Gasteiger partial charge in [0.1, 0.15) is 0 Å². The zero-order valence-corrected chi connectivity index (χ0v) is 16.0. The summed E-state index contributed by atoms with van der Waals surface area (Å²) < 4.78 is 5.20. The lowest BCUT2D eigenvalue weighted by molar-refractivity contribution is -0.384. The van der Waals surface area contributed by atoms with Crippen molar-refractivity contribution in [2.24, 2.45) is 0 Å². The van der Waals surface area contributed by atoms with Crippen molar-refractivity contribution in [1.29, 1.82) is 0 Å². The summed E-state index contributed by atoms with van der Waals surface area (Å²) >= 11 is 2.96. The molecule has 0 atom stereocenters. The SMILES string of the molecule is CN(Cc1nc(-c2cccs2)no1)C(=O)CSCc1ccc([N+](=O)[O-])cc1. The highest BCUT2D eigenvalue weighted by atomic mass is 32.2. The summed E-state index contributed by atoms with van der Waals surface area (Å²) in [5.41, 5.74) is 0.986. The van der Waals surface area contributed by atoms with E-state index in [-0.39, 0.29) is 18.1 Å². The average molecular weight is 404 g/mol. The normalized spacial score (nSPS) is 10.7. The smallest absolute Gasteiger partial charge is 0.269 e. The Morgan fingerprint density at radius 3 is 2.78 bits per heavy atom. The maximum atomic E-state index is 12.2. The highest BCUT2D eigenvalue weighted by Crippen LogP contribution is 2.22. The number of amides is 1. The third-order valence-electron chi connectivity index (χ3n) is 3.65. The number of nitro groups is 1. The van der Waals surface area contributed by atoms with Crippen molar-refractivity contribution in [1.82, 2.24) is 15.0 Å². The Kier molecular flexibility index (Phi) is 6.20. The largest absolute Gasteiger partial charge is 0.337 e. The summed E-state index contributed by atoms with van der Waals surface area (Å²) in [5, 5.41) is 16.5. The summed E-state index contributed by atoms with van der Waals surface area (Å²) in [6.07, 6.45) is 0. The molecule has 1 aromatic carbocycles. The summed E-state index contributed by atoms with van der Waals surface area (Å²) in [4.78, 5) is 29.2. The minimum atomic E-state index is -0.434. The van der Waals surface area contributed by atoms with Gasteiger partial charge in [0.2, 0.25) is 17.6 Å². The first-order valence-corrected chi connectivity index (χ1v) is 9.98. The van der Waals surface area contributed by atoms with Crippen molar-refractivity contribution < 1.29 is 14.2 Å². The molecule has 0 spiro atoms. The molecule has 0 unspecified atom stereocenters. The van der Waals surface area contributed by atoms with E-state index in [4.69, 9.17) is 4.52 Å². The summed E-state index contributed by atoms with van der Waals surface area (Å²) in [7, 11) is 1.68. The lowest BCUT2D eigenvalue weighted by atomic mass is 10.2. The molecule has 0 bridgehead atoms. The molecule has 10 heteroatoms. The standard InChI is InChI=1S/C17H16N4O4S2/c1-20(9-15-18-17(19-25-15)14-3-2-8-27-14)16(22)11-26-10-12-4-6-13(7-5-12)21(23)24/h2-8H,9-11H2,1H3. The molecule has 0 fully saturated rings. The van der Waals surface area contributed by atoms with Crippen LogP contribution in [-0.4, -0.2) is 38.7 Å². The Hall–Kier alpha value is -2.72. The monoisotopic (exact) mass is 404 g/mol. The maximum Gasteiger partial charge on any atom is 0.269 e. The van der Waals surface area contributed by atoms with Crippen molar-refractivity contribution in [3.05, 3.63) is 63.3 Å². The molecule has 1 amide bonds. The molecule has 3 rings (SSSR count). The number of nitro benzene ring substituents is 1. The summed E-state index contributed by atoms with van der Waals surface area (Å²) in [6, 6.07) is 10.1. The first-order chi connectivity index (χ1) is 13.0. The van der Waals surface area contributed by atoms with E-state index >= 15 is 0 Å². The number of carbonyl (C=O) groups is 1. The van der Waals surface area contributed by atoms with Crippen LogP contribution >= 0.6 is 23.1 Å². The number of non-ortho nitro benzene ring substituents is 1. The second-order valence-electron chi connectivity index (χ2n) is 5.66. The predicted octanol–water partition coefficient (Wildman–Crippen LogP) is 3.60. The van der Waals surface area contributed by atoms with Gasteiger partial charge in [-0.05, 0) is 17.0 Å². The molecule has 27 heavy (non-hydrogen) atoms. The van der Waals surface area contributed by atoms with E-state index in [9.17, 15) is 14.9 Å². The minimum Gasteiger partial charge on any atom is -0.337 e. The lowest BCUT2D eigenvalue weighted by Crippen LogP contribution is -2.28. The van der Waals surface area contributed by atoms with Crippen LogP contribution < -0.4 is 0 Å². The van der Waals surface area contributed by atoms with E-state index in [1.54, 1.807) is 19.2 Å². The molecule has 0 saturated carbocycles. The van der Waals surface area contributed by atoms with Crippen molar-refractivity contribution in [3.63, 3.8) is 0 Å². The van der Waals surface area contributed by atoms with Gasteiger partial charge in [0.15, 0.2) is 0 Å². The van der Waals surface area contributed by atoms with E-state index in [0.29, 0.717) is 23.2 Å². The number of nitrogens with zero attached hydrogens (tertiary/aromatic N) is 4. The zero-order valence-electron chi connectivity index (χ0n) is 14.4. The van der Waals surface area contributed by atoms with Gasteiger partial charge in [-0.3, -0.25) is 14.9 Å². The molecular weight excluding hydrogens is 388 g/mol. The highest BCUT2D eigenvalue weighted by molar-refractivity contribution is 7.99. The van der Waals surface area contributed by atoms with Crippen LogP contribution in [-0.2, 0) is 17.1 Å². The fourth-order valence-corrected chi connectivity index (χ4v) is 3.77. The van der Waals surface area contributed by atoms with Gasteiger partial charge in [-0.15, -0.1) is 23.1 Å². The summed E-state index contributed by atoms with van der Waals surface area (Å²) in [5.74, 6) is 1.74. The van der Waals surface area contributed by atoms with Crippen LogP contribution in [0, 0.1) is 10.1 Å². The molecule has 0 saturated heterocycles. The van der Waals surface area contributed by atoms with Gasteiger partial charge in [0.05, 0.1) is 22.1 Å². The molecule has 0 N–H and O–H groups in total. The van der Waals surface area contributed by atoms with E-state index in [2.05, 4.69) is 10.1 Å². The molecule has 0 aliphatic heterocycles. The number of thioether (sulfide) groups is 1. The van der Waals surface area contributed by atoms with Crippen molar-refractivity contribution in [3.8, 4) is 10.7 Å². The molecule has 2 heterocycles. The Bertz CT molecular complexity index is 909. The highest BCUT2D eigenvalue weighted by Gasteiger charge is 2.15. The van der Waals surface area contributed by atoms with Gasteiger partial charge in [-0.2, -0.15) is 4.98 Å². The van der Waals surface area contributed by atoms with Gasteiger partial charge < -0.3 is 9.42 Å². The number of aromatic nitrogens is 2. The first kappa shape index (κ1) is 19.1. The molecule has 0 aliphatic rings. The molecule has 3 aromatic rings. The van der Waals surface area contributed by atoms with Crippen molar-refractivity contribution in [2.45, 2.75) is 12.3 Å². The van der Waals surface area contributed by atoms with E-state index < -0.39 is 4.92 Å². The Morgan fingerprint density at radius 1 is 1.33 bits per heavy atom. The average Bonchev–Trinajstić information content (AvgIpc) is 3.33. The molecule has 8 nitrogen and oxygen atoms in total. The predicted molar refractivity (Wildman–Crippen MR) is 103 cm³/mol. The number of rotatable bonds is 8. The Labute approximate surface area is 163 Å². The van der Waals surface area contributed by atoms with Crippen LogP contribution in [0.1, 0.15) is 11.5 Å². The second kappa shape index (κ2) is 8.78. The van der Waals surface area contributed by atoms with E-state index in [0.717, 1.165) is 10.4 Å². The van der Waals surface area contributed by atoms with Crippen LogP contribution in [0.15, 0.2) is 46.3 Å². The first-order valence-electron chi connectivity index (χ1n) is 7.94. The van der Waals surface area contributed by atoms with E-state index in [1.807, 2.05) is 17.5 Å². The van der Waals surface area contributed by atoms with Gasteiger partial charge in [0.25, 0.3) is 5.69 Å². The van der Waals surface area contributed by atoms with Gasteiger partial charge in [-0.25, -0.2) is 0 Å². The maximum absolute atomic E-state index is 12.2. The number of carbonyl (C=O) groups excluding carboxylic acids is 1. The number of hydrogen-bond donors (Lipinski definition) is 0. The molecule has 0 radical (unpaired) electrons. The zero-order chi connectivity index (χ0) is 19.2. The fraction of sp³-hybridized carbons (Fsp3) is 0.235. The second-order valence-corrected chi connectivity index (χ2v) is 7.59. The Morgan fingerprint density at radius 2 is 2.11 bits per heavy atom. The number of thiophene rings is 1. The van der Waals surface area contributed by atoms with E-state index in [1.165, 1.54) is 40.1 Å². The van der Waals surface area contributed by atoms with Crippen LogP contribution in [0.3, 0.4) is 0 Å². The lowest BCUT2D eigenvalue weighted by Gasteiger charge is -2.14. The van der Waals surface area contributed by atoms with Crippen molar-refractivity contribution >= 4 is 34.7 Å². The third-order valence-corrected chi connectivity index (χ3v) is 5.50. The molecule has 2 aromatic heterocycles. The molecular formula is C17H16N4O4S2. The van der Waals surface area contributed by atoms with Crippen LogP contribution in [0.4, 0.5) is 5.69 Å². The van der Waals surface area contributed by atoms with Gasteiger partial charge >= 0.3 is 0 Å². The molecule has 140 valence electrons. The van der Waals surface area contributed by atoms with Gasteiger partial charge in [0, 0.05) is 24.9 Å². The topological polar surface area (TPSA) is 102 Å². The molecule has 0 aliphatic carbocycles. The fourth-order valence-electron chi connectivity index (χ4n) is 2.20. The van der Waals surface area contributed by atoms with Crippen LogP contribution in [0.5, 0.6) is 0 Å². The number of benzene rings is 1.